The zero-order chi connectivity index (χ0) is 11.8. The molecule has 0 aromatic rings. The summed E-state index contributed by atoms with van der Waals surface area (Å²) in [5, 5.41) is 0. The first-order valence-corrected chi connectivity index (χ1v) is 6.37. The molecule has 0 unspecified atom stereocenters. The van der Waals surface area contributed by atoms with E-state index in [1.807, 2.05) is 24.3 Å². The van der Waals surface area contributed by atoms with Gasteiger partial charge in [0.2, 0.25) is 10.0 Å². The predicted molar refractivity (Wildman–Crippen MR) is 63.9 cm³/mol. The van der Waals surface area contributed by atoms with Gasteiger partial charge < -0.3 is 0 Å². The Balaban J connectivity index is 2.64. The maximum absolute atomic E-state index is 12.0. The standard InChI is InChI=1S/C12H13NO2S/c1-13(2)16(14,15)12-8-4-6-10-5-3-7-11(10)9-12/h3-9H,1-2H3. The van der Waals surface area contributed by atoms with Gasteiger partial charge in [0, 0.05) is 14.1 Å². The summed E-state index contributed by atoms with van der Waals surface area (Å²) in [6.45, 7) is 0. The highest BCUT2D eigenvalue weighted by Gasteiger charge is 2.17. The van der Waals surface area contributed by atoms with Crippen LogP contribution in [0.4, 0.5) is 0 Å². The Bertz CT molecular complexity index is 575. The maximum Gasteiger partial charge on any atom is 0.242 e. The van der Waals surface area contributed by atoms with Gasteiger partial charge in [0.15, 0.2) is 0 Å². The van der Waals surface area contributed by atoms with Crippen LogP contribution in [0.5, 0.6) is 0 Å². The highest BCUT2D eigenvalue weighted by Crippen LogP contribution is 2.24. The average molecular weight is 235 g/mol. The Morgan fingerprint density at radius 3 is 2.12 bits per heavy atom. The summed E-state index contributed by atoms with van der Waals surface area (Å²) in [4.78, 5) is 0.318. The van der Waals surface area contributed by atoms with E-state index < -0.39 is 10.0 Å². The number of nitrogens with zero attached hydrogens (tertiary/aromatic N) is 1. The third-order valence-corrected chi connectivity index (χ3v) is 4.31. The van der Waals surface area contributed by atoms with Crippen molar-refractivity contribution in [3.05, 3.63) is 42.5 Å². The second kappa shape index (κ2) is 3.88. The van der Waals surface area contributed by atoms with Crippen LogP contribution >= 0.6 is 0 Å². The summed E-state index contributed by atoms with van der Waals surface area (Å²) in [5.41, 5.74) is 1.98. The van der Waals surface area contributed by atoms with Gasteiger partial charge in [-0.3, -0.25) is 0 Å². The average Bonchev–Trinajstić information content (AvgIpc) is 2.55. The molecule has 0 atom stereocenters. The third-order valence-electron chi connectivity index (χ3n) is 2.50. The van der Waals surface area contributed by atoms with E-state index in [9.17, 15) is 8.42 Å². The van der Waals surface area contributed by atoms with Crippen LogP contribution in [0, 0.1) is 0 Å². The van der Waals surface area contributed by atoms with Crippen molar-refractivity contribution in [3.8, 4) is 11.1 Å². The zero-order valence-electron chi connectivity index (χ0n) is 9.21. The summed E-state index contributed by atoms with van der Waals surface area (Å²) < 4.78 is 25.1. The topological polar surface area (TPSA) is 37.4 Å². The molecule has 0 bridgehead atoms. The van der Waals surface area contributed by atoms with Gasteiger partial charge in [-0.15, -0.1) is 0 Å². The van der Waals surface area contributed by atoms with E-state index in [0.717, 1.165) is 11.1 Å². The van der Waals surface area contributed by atoms with Gasteiger partial charge >= 0.3 is 0 Å². The molecule has 0 aromatic heterocycles. The van der Waals surface area contributed by atoms with Crippen LogP contribution in [0.3, 0.4) is 0 Å². The molecule has 2 aliphatic rings. The minimum Gasteiger partial charge on any atom is -0.207 e. The molecule has 0 saturated carbocycles. The van der Waals surface area contributed by atoms with Gasteiger partial charge in [-0.25, -0.2) is 12.7 Å². The van der Waals surface area contributed by atoms with Crippen molar-refractivity contribution in [1.29, 1.82) is 0 Å². The predicted octanol–water partition coefficient (Wildman–Crippen LogP) is 2.04. The fourth-order valence-corrected chi connectivity index (χ4v) is 2.50. The summed E-state index contributed by atoms with van der Waals surface area (Å²) in [5.74, 6) is 0. The fourth-order valence-electron chi connectivity index (χ4n) is 1.55. The van der Waals surface area contributed by atoms with Gasteiger partial charge in [0.05, 0.1) is 4.90 Å². The highest BCUT2D eigenvalue weighted by atomic mass is 32.2. The zero-order valence-corrected chi connectivity index (χ0v) is 10.0. The van der Waals surface area contributed by atoms with E-state index in [4.69, 9.17) is 0 Å². The molecule has 0 aliphatic heterocycles. The molecule has 4 heteroatoms. The fraction of sp³-hybridized carbons (Fsp3) is 0.167. The number of sulfonamides is 1. The molecule has 3 nitrogen and oxygen atoms in total. The molecule has 0 saturated heterocycles. The van der Waals surface area contributed by atoms with Gasteiger partial charge in [-0.05, 0) is 23.3 Å². The lowest BCUT2D eigenvalue weighted by molar-refractivity contribution is 0.521. The van der Waals surface area contributed by atoms with Crippen LogP contribution in [0.15, 0.2) is 47.4 Å². The molecule has 2 aliphatic carbocycles. The second-order valence-electron chi connectivity index (χ2n) is 3.80. The molecule has 2 rings (SSSR count). The number of hydrogen-bond donors (Lipinski definition) is 0. The lowest BCUT2D eigenvalue weighted by Gasteiger charge is -2.09. The van der Waals surface area contributed by atoms with Crippen molar-refractivity contribution in [2.75, 3.05) is 14.1 Å². The first-order chi connectivity index (χ1) is 7.51. The maximum atomic E-state index is 12.0. The van der Waals surface area contributed by atoms with Crippen LogP contribution in [0.25, 0.3) is 11.1 Å². The number of hydrogen-bond acceptors (Lipinski definition) is 2. The Kier molecular flexibility index (Phi) is 2.69. The normalized spacial score (nSPS) is 12.2. The lowest BCUT2D eigenvalue weighted by atomic mass is 10.2. The van der Waals surface area contributed by atoms with E-state index in [0.29, 0.717) is 4.90 Å². The van der Waals surface area contributed by atoms with E-state index in [1.165, 1.54) is 18.4 Å². The Hall–Kier alpha value is -1.39. The Morgan fingerprint density at radius 1 is 0.938 bits per heavy atom. The van der Waals surface area contributed by atoms with E-state index in [1.54, 1.807) is 18.2 Å². The summed E-state index contributed by atoms with van der Waals surface area (Å²) >= 11 is 0. The van der Waals surface area contributed by atoms with Crippen molar-refractivity contribution in [2.45, 2.75) is 4.90 Å². The molecule has 0 amide bonds. The summed E-state index contributed by atoms with van der Waals surface area (Å²) in [6, 6.07) is 12.8. The van der Waals surface area contributed by atoms with Crippen molar-refractivity contribution >= 4 is 10.0 Å². The van der Waals surface area contributed by atoms with Crippen LogP contribution in [-0.4, -0.2) is 26.8 Å². The molecule has 0 heterocycles. The van der Waals surface area contributed by atoms with Crippen molar-refractivity contribution < 1.29 is 8.42 Å². The quantitative estimate of drug-likeness (QED) is 0.798. The van der Waals surface area contributed by atoms with Crippen LogP contribution in [0.1, 0.15) is 0 Å². The monoisotopic (exact) mass is 235 g/mol. The van der Waals surface area contributed by atoms with Crippen LogP contribution in [-0.2, 0) is 10.0 Å². The van der Waals surface area contributed by atoms with Crippen LogP contribution < -0.4 is 0 Å². The molecule has 0 spiro atoms. The van der Waals surface area contributed by atoms with E-state index >= 15 is 0 Å². The van der Waals surface area contributed by atoms with Crippen molar-refractivity contribution in [2.24, 2.45) is 0 Å². The molecular formula is C12H13NO2S. The minimum absolute atomic E-state index is 0.318. The lowest BCUT2D eigenvalue weighted by Crippen LogP contribution is -2.21. The molecule has 0 aromatic carbocycles. The van der Waals surface area contributed by atoms with Gasteiger partial charge in [-0.2, -0.15) is 0 Å². The molecule has 0 radical (unpaired) electrons. The van der Waals surface area contributed by atoms with E-state index in [-0.39, 0.29) is 0 Å². The molecule has 16 heavy (non-hydrogen) atoms. The number of fused-ring (bicyclic) bond motifs is 1. The summed E-state index contributed by atoms with van der Waals surface area (Å²) in [6.07, 6.45) is 0. The highest BCUT2D eigenvalue weighted by molar-refractivity contribution is 7.89. The SMILES string of the molecule is CN(C)S(=O)(=O)c1cccc2cccc-2c1. The smallest absolute Gasteiger partial charge is 0.207 e. The first kappa shape index (κ1) is 11.1. The van der Waals surface area contributed by atoms with E-state index in [2.05, 4.69) is 0 Å². The first-order valence-electron chi connectivity index (χ1n) is 4.93. The van der Waals surface area contributed by atoms with Crippen molar-refractivity contribution in [1.82, 2.24) is 4.31 Å². The minimum atomic E-state index is -3.36. The molecule has 0 N–H and O–H groups in total. The number of rotatable bonds is 2. The largest absolute Gasteiger partial charge is 0.242 e. The van der Waals surface area contributed by atoms with Crippen molar-refractivity contribution in [3.63, 3.8) is 0 Å². The van der Waals surface area contributed by atoms with Crippen LogP contribution in [0.2, 0.25) is 0 Å². The Morgan fingerprint density at radius 2 is 1.50 bits per heavy atom. The Labute approximate surface area is 95.7 Å². The van der Waals surface area contributed by atoms with Gasteiger partial charge in [-0.1, -0.05) is 30.3 Å². The summed E-state index contributed by atoms with van der Waals surface area (Å²) in [7, 11) is -0.292. The molecule has 84 valence electrons. The molecule has 0 fully saturated rings. The van der Waals surface area contributed by atoms with Gasteiger partial charge in [0.1, 0.15) is 0 Å². The van der Waals surface area contributed by atoms with Gasteiger partial charge in [0.25, 0.3) is 0 Å². The molecular weight excluding hydrogens is 222 g/mol. The third kappa shape index (κ3) is 1.81. The second-order valence-corrected chi connectivity index (χ2v) is 5.95.